The molecule has 0 aromatic carbocycles. The molecule has 2 aromatic rings. The van der Waals surface area contributed by atoms with Crippen molar-refractivity contribution >= 4 is 22.8 Å². The molecule has 0 radical (unpaired) electrons. The number of amides is 2. The third kappa shape index (κ3) is 2.74. The molecule has 1 fully saturated rings. The highest BCUT2D eigenvalue weighted by atomic mass is 16.3. The van der Waals surface area contributed by atoms with E-state index in [1.54, 1.807) is 18.3 Å². The van der Waals surface area contributed by atoms with Gasteiger partial charge in [0.25, 0.3) is 5.56 Å². The lowest BCUT2D eigenvalue weighted by Crippen LogP contribution is -2.45. The number of carbonyl (C=O) groups is 2. The lowest BCUT2D eigenvalue weighted by molar-refractivity contribution is -0.136. The molecule has 1 unspecified atom stereocenters. The van der Waals surface area contributed by atoms with Crippen molar-refractivity contribution in [2.45, 2.75) is 19.4 Å². The van der Waals surface area contributed by atoms with Gasteiger partial charge >= 0.3 is 0 Å². The average molecular weight is 303 g/mol. The average Bonchev–Trinajstić information content (AvgIpc) is 2.99. The molecule has 0 bridgehead atoms. The SMILES string of the molecule is O=C1NCCCC1C(=O)NCCn1ccc2ccoc2c1=O. The lowest BCUT2D eigenvalue weighted by atomic mass is 9.98. The molecule has 22 heavy (non-hydrogen) atoms. The molecule has 1 saturated heterocycles. The molecule has 3 rings (SSSR count). The van der Waals surface area contributed by atoms with Crippen LogP contribution >= 0.6 is 0 Å². The molecule has 7 heteroatoms. The van der Waals surface area contributed by atoms with E-state index in [0.29, 0.717) is 25.1 Å². The summed E-state index contributed by atoms with van der Waals surface area (Å²) in [5.41, 5.74) is 0.0765. The highest BCUT2D eigenvalue weighted by Gasteiger charge is 2.28. The van der Waals surface area contributed by atoms with Gasteiger partial charge in [0.05, 0.1) is 6.26 Å². The first-order valence-corrected chi connectivity index (χ1v) is 7.29. The molecule has 2 amide bonds. The van der Waals surface area contributed by atoms with Gasteiger partial charge in [-0.05, 0) is 25.0 Å². The first-order chi connectivity index (χ1) is 10.7. The zero-order chi connectivity index (χ0) is 15.5. The predicted molar refractivity (Wildman–Crippen MR) is 79.2 cm³/mol. The molecule has 2 aromatic heterocycles. The quantitative estimate of drug-likeness (QED) is 0.791. The Kier molecular flexibility index (Phi) is 3.95. The summed E-state index contributed by atoms with van der Waals surface area (Å²) in [6, 6.07) is 3.52. The summed E-state index contributed by atoms with van der Waals surface area (Å²) >= 11 is 0. The van der Waals surface area contributed by atoms with Crippen molar-refractivity contribution in [1.82, 2.24) is 15.2 Å². The standard InChI is InChI=1S/C15H17N3O4/c19-13-11(2-1-5-16-13)14(20)17-6-8-18-7-3-10-4-9-22-12(10)15(18)21/h3-4,7,9,11H,1-2,5-6,8H2,(H,16,19)(H,17,20). The highest BCUT2D eigenvalue weighted by molar-refractivity contribution is 6.00. The summed E-state index contributed by atoms with van der Waals surface area (Å²) in [6.07, 6.45) is 4.51. The van der Waals surface area contributed by atoms with Crippen LogP contribution in [0.5, 0.6) is 0 Å². The van der Waals surface area contributed by atoms with E-state index in [2.05, 4.69) is 10.6 Å². The van der Waals surface area contributed by atoms with Crippen molar-refractivity contribution in [3.63, 3.8) is 0 Å². The van der Waals surface area contributed by atoms with Crippen LogP contribution in [0.1, 0.15) is 12.8 Å². The van der Waals surface area contributed by atoms with Gasteiger partial charge in [-0.1, -0.05) is 0 Å². The summed E-state index contributed by atoms with van der Waals surface area (Å²) in [5.74, 6) is -1.14. The number of nitrogens with one attached hydrogen (secondary N) is 2. The van der Waals surface area contributed by atoms with Crippen LogP contribution in [-0.4, -0.2) is 29.5 Å². The molecule has 0 saturated carbocycles. The maximum Gasteiger partial charge on any atom is 0.294 e. The third-order valence-electron chi connectivity index (χ3n) is 3.84. The first-order valence-electron chi connectivity index (χ1n) is 7.29. The number of piperidine rings is 1. The van der Waals surface area contributed by atoms with Gasteiger partial charge < -0.3 is 19.6 Å². The molecule has 116 valence electrons. The fraction of sp³-hybridized carbons (Fsp3) is 0.400. The van der Waals surface area contributed by atoms with E-state index in [0.717, 1.165) is 11.8 Å². The van der Waals surface area contributed by atoms with Crippen LogP contribution in [0.15, 0.2) is 33.8 Å². The van der Waals surface area contributed by atoms with Gasteiger partial charge in [-0.2, -0.15) is 0 Å². The van der Waals surface area contributed by atoms with Crippen molar-refractivity contribution in [3.8, 4) is 0 Å². The van der Waals surface area contributed by atoms with Gasteiger partial charge in [0.1, 0.15) is 5.92 Å². The molecule has 0 aliphatic carbocycles. The van der Waals surface area contributed by atoms with E-state index < -0.39 is 5.92 Å². The Morgan fingerprint density at radius 1 is 1.41 bits per heavy atom. The minimum absolute atomic E-state index is 0.224. The molecule has 1 aliphatic rings. The number of fused-ring (bicyclic) bond motifs is 1. The number of hydrogen-bond acceptors (Lipinski definition) is 4. The van der Waals surface area contributed by atoms with Crippen molar-refractivity contribution in [2.75, 3.05) is 13.1 Å². The van der Waals surface area contributed by atoms with Crippen molar-refractivity contribution in [3.05, 3.63) is 34.9 Å². The number of furan rings is 1. The molecule has 1 aliphatic heterocycles. The second kappa shape index (κ2) is 6.05. The number of hydrogen-bond donors (Lipinski definition) is 2. The van der Waals surface area contributed by atoms with Crippen molar-refractivity contribution < 1.29 is 14.0 Å². The number of aromatic nitrogens is 1. The monoisotopic (exact) mass is 303 g/mol. The largest absolute Gasteiger partial charge is 0.459 e. The van der Waals surface area contributed by atoms with E-state index in [1.807, 2.05) is 0 Å². The minimum Gasteiger partial charge on any atom is -0.459 e. The molecule has 7 nitrogen and oxygen atoms in total. The van der Waals surface area contributed by atoms with Crippen molar-refractivity contribution in [1.29, 1.82) is 0 Å². The molecule has 0 spiro atoms. The maximum absolute atomic E-state index is 12.1. The second-order valence-electron chi connectivity index (χ2n) is 5.30. The van der Waals surface area contributed by atoms with E-state index >= 15 is 0 Å². The Morgan fingerprint density at radius 2 is 2.27 bits per heavy atom. The fourth-order valence-corrected chi connectivity index (χ4v) is 2.61. The molecular weight excluding hydrogens is 286 g/mol. The van der Waals surface area contributed by atoms with Gasteiger partial charge in [0, 0.05) is 31.2 Å². The van der Waals surface area contributed by atoms with E-state index in [9.17, 15) is 14.4 Å². The smallest absolute Gasteiger partial charge is 0.294 e. The van der Waals surface area contributed by atoms with Crippen LogP contribution in [0.2, 0.25) is 0 Å². The number of carbonyl (C=O) groups excluding carboxylic acids is 2. The Balaban J connectivity index is 1.60. The number of rotatable bonds is 4. The fourth-order valence-electron chi connectivity index (χ4n) is 2.61. The minimum atomic E-state index is -0.627. The maximum atomic E-state index is 12.1. The Morgan fingerprint density at radius 3 is 3.09 bits per heavy atom. The number of nitrogens with zero attached hydrogens (tertiary/aromatic N) is 1. The van der Waals surface area contributed by atoms with Crippen molar-refractivity contribution in [2.24, 2.45) is 5.92 Å². The molecular formula is C15H17N3O4. The van der Waals surface area contributed by atoms with Gasteiger partial charge in [0.2, 0.25) is 11.8 Å². The zero-order valence-electron chi connectivity index (χ0n) is 12.0. The van der Waals surface area contributed by atoms with Gasteiger partial charge in [-0.3, -0.25) is 14.4 Å². The Bertz CT molecular complexity index is 761. The van der Waals surface area contributed by atoms with Crippen LogP contribution in [-0.2, 0) is 16.1 Å². The lowest BCUT2D eigenvalue weighted by Gasteiger charge is -2.21. The van der Waals surface area contributed by atoms with Gasteiger partial charge in [-0.15, -0.1) is 0 Å². The van der Waals surface area contributed by atoms with Gasteiger partial charge in [0.15, 0.2) is 5.58 Å². The first kappa shape index (κ1) is 14.4. The summed E-state index contributed by atoms with van der Waals surface area (Å²) in [6.45, 7) is 1.24. The molecule has 3 heterocycles. The summed E-state index contributed by atoms with van der Waals surface area (Å²) in [4.78, 5) is 35.7. The summed E-state index contributed by atoms with van der Waals surface area (Å²) < 4.78 is 6.63. The second-order valence-corrected chi connectivity index (χ2v) is 5.30. The summed E-state index contributed by atoms with van der Waals surface area (Å²) in [5, 5.41) is 6.14. The van der Waals surface area contributed by atoms with E-state index in [1.165, 1.54) is 10.8 Å². The van der Waals surface area contributed by atoms with Crippen LogP contribution in [0, 0.1) is 5.92 Å². The van der Waals surface area contributed by atoms with Crippen LogP contribution in [0.4, 0.5) is 0 Å². The van der Waals surface area contributed by atoms with Gasteiger partial charge in [-0.25, -0.2) is 0 Å². The zero-order valence-corrected chi connectivity index (χ0v) is 12.0. The number of pyridine rings is 1. The predicted octanol–water partition coefficient (Wildman–Crippen LogP) is 0.237. The third-order valence-corrected chi connectivity index (χ3v) is 3.84. The normalized spacial score (nSPS) is 18.2. The Labute approximate surface area is 126 Å². The highest BCUT2D eigenvalue weighted by Crippen LogP contribution is 2.11. The van der Waals surface area contributed by atoms with Crippen LogP contribution in [0.3, 0.4) is 0 Å². The van der Waals surface area contributed by atoms with Crippen LogP contribution < -0.4 is 16.2 Å². The van der Waals surface area contributed by atoms with E-state index in [-0.39, 0.29) is 23.9 Å². The topological polar surface area (TPSA) is 93.3 Å². The summed E-state index contributed by atoms with van der Waals surface area (Å²) in [7, 11) is 0. The molecule has 2 N–H and O–H groups in total. The van der Waals surface area contributed by atoms with Crippen LogP contribution in [0.25, 0.3) is 11.0 Å². The van der Waals surface area contributed by atoms with E-state index in [4.69, 9.17) is 4.42 Å². The Hall–Kier alpha value is -2.57. The molecule has 1 atom stereocenters.